The minimum absolute atomic E-state index is 0.0158. The minimum Gasteiger partial charge on any atom is -0.508 e. The van der Waals surface area contributed by atoms with Crippen LogP contribution in [0, 0.1) is 6.92 Å². The van der Waals surface area contributed by atoms with Crippen molar-refractivity contribution in [3.05, 3.63) is 83.2 Å². The molecule has 0 aliphatic rings. The highest BCUT2D eigenvalue weighted by molar-refractivity contribution is 5.84. The SMILES string of the molecule is CCn1cc(CNC(=O)C(Cc2ccc(O)cc2)c2ccccc2)c(C)n1. The van der Waals surface area contributed by atoms with Gasteiger partial charge >= 0.3 is 0 Å². The number of phenolic OH excluding ortho intramolecular Hbond substituents is 1. The summed E-state index contributed by atoms with van der Waals surface area (Å²) in [5, 5.41) is 17.0. The van der Waals surface area contributed by atoms with E-state index < -0.39 is 0 Å². The topological polar surface area (TPSA) is 67.2 Å². The average molecular weight is 363 g/mol. The molecule has 1 amide bonds. The van der Waals surface area contributed by atoms with Gasteiger partial charge in [-0.2, -0.15) is 5.10 Å². The number of nitrogens with zero attached hydrogens (tertiary/aromatic N) is 2. The lowest BCUT2D eigenvalue weighted by Crippen LogP contribution is -2.30. The van der Waals surface area contributed by atoms with Crippen LogP contribution in [0.15, 0.2) is 60.8 Å². The lowest BCUT2D eigenvalue weighted by Gasteiger charge is -2.17. The fourth-order valence-corrected chi connectivity index (χ4v) is 3.12. The summed E-state index contributed by atoms with van der Waals surface area (Å²) < 4.78 is 1.88. The highest BCUT2D eigenvalue weighted by Crippen LogP contribution is 2.23. The summed E-state index contributed by atoms with van der Waals surface area (Å²) in [6, 6.07) is 16.8. The summed E-state index contributed by atoms with van der Waals surface area (Å²) in [5.74, 6) is -0.0851. The molecule has 27 heavy (non-hydrogen) atoms. The van der Waals surface area contributed by atoms with Gasteiger partial charge in [-0.15, -0.1) is 0 Å². The van der Waals surface area contributed by atoms with Gasteiger partial charge in [-0.1, -0.05) is 42.5 Å². The van der Waals surface area contributed by atoms with Gasteiger partial charge in [-0.3, -0.25) is 9.48 Å². The zero-order valence-corrected chi connectivity index (χ0v) is 15.7. The molecule has 0 bridgehead atoms. The lowest BCUT2D eigenvalue weighted by atomic mass is 9.91. The van der Waals surface area contributed by atoms with Crippen molar-refractivity contribution in [1.29, 1.82) is 0 Å². The maximum Gasteiger partial charge on any atom is 0.228 e. The first-order chi connectivity index (χ1) is 13.1. The van der Waals surface area contributed by atoms with Gasteiger partial charge in [0.15, 0.2) is 0 Å². The second-order valence-corrected chi connectivity index (χ2v) is 6.65. The van der Waals surface area contributed by atoms with Gasteiger partial charge in [-0.25, -0.2) is 0 Å². The molecule has 2 N–H and O–H groups in total. The first kappa shape index (κ1) is 18.7. The van der Waals surface area contributed by atoms with E-state index >= 15 is 0 Å². The number of carbonyl (C=O) groups is 1. The van der Waals surface area contributed by atoms with Gasteiger partial charge < -0.3 is 10.4 Å². The molecule has 0 saturated heterocycles. The summed E-state index contributed by atoms with van der Waals surface area (Å²) in [5.41, 5.74) is 3.95. The molecule has 3 rings (SSSR count). The maximum absolute atomic E-state index is 13.0. The summed E-state index contributed by atoms with van der Waals surface area (Å²) in [6.07, 6.45) is 2.55. The molecule has 1 atom stereocenters. The van der Waals surface area contributed by atoms with Crippen molar-refractivity contribution >= 4 is 5.91 Å². The summed E-state index contributed by atoms with van der Waals surface area (Å²) >= 11 is 0. The quantitative estimate of drug-likeness (QED) is 0.674. The number of benzene rings is 2. The summed E-state index contributed by atoms with van der Waals surface area (Å²) in [6.45, 7) is 5.27. The van der Waals surface area contributed by atoms with E-state index in [1.165, 1.54) is 0 Å². The predicted molar refractivity (Wildman–Crippen MR) is 105 cm³/mol. The monoisotopic (exact) mass is 363 g/mol. The van der Waals surface area contributed by atoms with Crippen LogP contribution in [0.2, 0.25) is 0 Å². The minimum atomic E-state index is -0.294. The van der Waals surface area contributed by atoms with Gasteiger partial charge in [0.05, 0.1) is 11.6 Å². The highest BCUT2D eigenvalue weighted by Gasteiger charge is 2.21. The number of hydrogen-bond acceptors (Lipinski definition) is 3. The van der Waals surface area contributed by atoms with E-state index in [1.807, 2.05) is 67.2 Å². The molecule has 0 radical (unpaired) electrons. The first-order valence-electron chi connectivity index (χ1n) is 9.20. The zero-order valence-electron chi connectivity index (χ0n) is 15.7. The Balaban J connectivity index is 1.76. The Kier molecular flexibility index (Phi) is 5.91. The Morgan fingerprint density at radius 2 is 1.85 bits per heavy atom. The average Bonchev–Trinajstić information content (AvgIpc) is 3.06. The summed E-state index contributed by atoms with van der Waals surface area (Å²) in [7, 11) is 0. The fraction of sp³-hybridized carbons (Fsp3) is 0.273. The number of hydrogen-bond donors (Lipinski definition) is 2. The van der Waals surface area contributed by atoms with Crippen LogP contribution in [0.4, 0.5) is 0 Å². The number of amides is 1. The Hall–Kier alpha value is -3.08. The van der Waals surface area contributed by atoms with E-state index in [4.69, 9.17) is 0 Å². The van der Waals surface area contributed by atoms with Gasteiger partial charge in [0.25, 0.3) is 0 Å². The number of aromatic nitrogens is 2. The van der Waals surface area contributed by atoms with E-state index in [-0.39, 0.29) is 17.6 Å². The number of carbonyl (C=O) groups excluding carboxylic acids is 1. The van der Waals surface area contributed by atoms with Crippen LogP contribution in [-0.2, 0) is 24.3 Å². The molecule has 0 saturated carbocycles. The molecule has 140 valence electrons. The molecular weight excluding hydrogens is 338 g/mol. The second kappa shape index (κ2) is 8.54. The number of phenols is 1. The molecule has 5 nitrogen and oxygen atoms in total. The standard InChI is InChI=1S/C22H25N3O2/c1-3-25-15-19(16(2)24-25)14-23-22(27)21(18-7-5-4-6-8-18)13-17-9-11-20(26)12-10-17/h4-12,15,21,26H,3,13-14H2,1-2H3,(H,23,27). The fourth-order valence-electron chi connectivity index (χ4n) is 3.12. The molecule has 0 aliphatic heterocycles. The Morgan fingerprint density at radius 1 is 1.15 bits per heavy atom. The molecular formula is C22H25N3O2. The van der Waals surface area contributed by atoms with E-state index in [9.17, 15) is 9.90 Å². The molecule has 5 heteroatoms. The van der Waals surface area contributed by atoms with Gasteiger partial charge in [0, 0.05) is 24.8 Å². The lowest BCUT2D eigenvalue weighted by molar-refractivity contribution is -0.122. The summed E-state index contributed by atoms with van der Waals surface area (Å²) in [4.78, 5) is 13.0. The van der Waals surface area contributed by atoms with Crippen molar-refractivity contribution in [1.82, 2.24) is 15.1 Å². The third-order valence-corrected chi connectivity index (χ3v) is 4.72. The van der Waals surface area contributed by atoms with Gasteiger partial charge in [0.2, 0.25) is 5.91 Å². The number of aryl methyl sites for hydroxylation is 2. The third kappa shape index (κ3) is 4.76. The largest absolute Gasteiger partial charge is 0.508 e. The van der Waals surface area contributed by atoms with E-state index in [1.54, 1.807) is 12.1 Å². The van der Waals surface area contributed by atoms with E-state index in [0.717, 1.165) is 28.9 Å². The molecule has 1 unspecified atom stereocenters. The molecule has 0 spiro atoms. The van der Waals surface area contributed by atoms with Crippen LogP contribution < -0.4 is 5.32 Å². The molecule has 1 aromatic heterocycles. The van der Waals surface area contributed by atoms with Crippen LogP contribution in [0.25, 0.3) is 0 Å². The Bertz CT molecular complexity index is 886. The van der Waals surface area contributed by atoms with E-state index in [2.05, 4.69) is 10.4 Å². The predicted octanol–water partition coefficient (Wildman–Crippen LogP) is 3.56. The van der Waals surface area contributed by atoms with Crippen molar-refractivity contribution in [3.8, 4) is 5.75 Å². The highest BCUT2D eigenvalue weighted by atomic mass is 16.3. The first-order valence-corrected chi connectivity index (χ1v) is 9.20. The normalized spacial score (nSPS) is 11.9. The van der Waals surface area contributed by atoms with Crippen LogP contribution in [0.5, 0.6) is 5.75 Å². The third-order valence-electron chi connectivity index (χ3n) is 4.72. The Morgan fingerprint density at radius 3 is 2.48 bits per heavy atom. The molecule has 0 fully saturated rings. The smallest absolute Gasteiger partial charge is 0.228 e. The van der Waals surface area contributed by atoms with Crippen LogP contribution in [0.3, 0.4) is 0 Å². The van der Waals surface area contributed by atoms with Crippen LogP contribution in [0.1, 0.15) is 35.2 Å². The van der Waals surface area contributed by atoms with Crippen molar-refractivity contribution in [2.24, 2.45) is 0 Å². The van der Waals surface area contributed by atoms with Crippen molar-refractivity contribution in [2.75, 3.05) is 0 Å². The number of aromatic hydroxyl groups is 1. The van der Waals surface area contributed by atoms with Crippen molar-refractivity contribution < 1.29 is 9.90 Å². The van der Waals surface area contributed by atoms with Gasteiger partial charge in [-0.05, 0) is 43.5 Å². The van der Waals surface area contributed by atoms with Crippen molar-refractivity contribution in [2.45, 2.75) is 39.3 Å². The molecule has 2 aromatic carbocycles. The van der Waals surface area contributed by atoms with Crippen molar-refractivity contribution in [3.63, 3.8) is 0 Å². The molecule has 1 heterocycles. The zero-order chi connectivity index (χ0) is 19.2. The number of rotatable bonds is 7. The number of nitrogens with one attached hydrogen (secondary N) is 1. The van der Waals surface area contributed by atoms with Crippen LogP contribution in [-0.4, -0.2) is 20.8 Å². The second-order valence-electron chi connectivity index (χ2n) is 6.65. The molecule has 3 aromatic rings. The van der Waals surface area contributed by atoms with E-state index in [0.29, 0.717) is 13.0 Å². The Labute approximate surface area is 159 Å². The molecule has 0 aliphatic carbocycles. The van der Waals surface area contributed by atoms with Gasteiger partial charge in [0.1, 0.15) is 5.75 Å². The van der Waals surface area contributed by atoms with Crippen LogP contribution >= 0.6 is 0 Å². The maximum atomic E-state index is 13.0.